The number of nitrogens with one attached hydrogen (secondary N) is 1. The van der Waals surface area contributed by atoms with Crippen LogP contribution in [-0.2, 0) is 4.74 Å². The van der Waals surface area contributed by atoms with Gasteiger partial charge in [-0.15, -0.1) is 0 Å². The van der Waals surface area contributed by atoms with Gasteiger partial charge in [0.15, 0.2) is 0 Å². The summed E-state index contributed by atoms with van der Waals surface area (Å²) < 4.78 is 6.36. The van der Waals surface area contributed by atoms with Crippen LogP contribution in [-0.4, -0.2) is 24.3 Å². The second-order valence-corrected chi connectivity index (χ2v) is 6.01. The molecular formula is C15H31NO. The first kappa shape index (κ1) is 15.0. The summed E-state index contributed by atoms with van der Waals surface area (Å²) in [6, 6.07) is 0.653. The van der Waals surface area contributed by atoms with Gasteiger partial charge in [-0.2, -0.15) is 0 Å². The molecule has 1 aliphatic carbocycles. The van der Waals surface area contributed by atoms with Gasteiger partial charge in [-0.05, 0) is 46.1 Å². The highest BCUT2D eigenvalue weighted by molar-refractivity contribution is 5.07. The molecule has 1 rings (SSSR count). The summed E-state index contributed by atoms with van der Waals surface area (Å²) in [5, 5.41) is 3.63. The first-order valence-corrected chi connectivity index (χ1v) is 7.36. The number of ether oxygens (including phenoxy) is 1. The molecule has 1 aliphatic rings. The van der Waals surface area contributed by atoms with E-state index in [1.807, 2.05) is 0 Å². The lowest BCUT2D eigenvalue weighted by molar-refractivity contribution is -0.195. The van der Waals surface area contributed by atoms with E-state index in [2.05, 4.69) is 46.9 Å². The summed E-state index contributed by atoms with van der Waals surface area (Å²) in [6.45, 7) is 14.5. The third-order valence-corrected chi connectivity index (χ3v) is 4.86. The van der Waals surface area contributed by atoms with Crippen LogP contribution in [0.3, 0.4) is 0 Å². The van der Waals surface area contributed by atoms with Gasteiger partial charge in [0.1, 0.15) is 0 Å². The molecule has 2 atom stereocenters. The van der Waals surface area contributed by atoms with E-state index in [0.717, 1.165) is 13.0 Å². The molecular weight excluding hydrogens is 210 g/mol. The van der Waals surface area contributed by atoms with Gasteiger partial charge in [-0.25, -0.2) is 0 Å². The van der Waals surface area contributed by atoms with Crippen LogP contribution in [0.25, 0.3) is 0 Å². The third kappa shape index (κ3) is 2.85. The summed E-state index contributed by atoms with van der Waals surface area (Å²) in [4.78, 5) is 0. The van der Waals surface area contributed by atoms with E-state index >= 15 is 0 Å². The lowest BCUT2D eigenvalue weighted by atomic mass is 9.58. The van der Waals surface area contributed by atoms with Gasteiger partial charge in [0.05, 0.1) is 11.7 Å². The summed E-state index contributed by atoms with van der Waals surface area (Å²) in [7, 11) is 0. The van der Waals surface area contributed by atoms with E-state index in [4.69, 9.17) is 4.74 Å². The van der Waals surface area contributed by atoms with E-state index in [0.29, 0.717) is 17.6 Å². The minimum absolute atomic E-state index is 0.0252. The van der Waals surface area contributed by atoms with Gasteiger partial charge in [-0.1, -0.05) is 27.7 Å². The van der Waals surface area contributed by atoms with Crippen molar-refractivity contribution in [1.82, 2.24) is 5.32 Å². The molecule has 0 heterocycles. The largest absolute Gasteiger partial charge is 0.372 e. The molecule has 1 fully saturated rings. The molecule has 2 nitrogen and oxygen atoms in total. The number of hydrogen-bond acceptors (Lipinski definition) is 2. The Morgan fingerprint density at radius 3 is 2.18 bits per heavy atom. The van der Waals surface area contributed by atoms with E-state index in [1.165, 1.54) is 19.3 Å². The number of rotatable bonds is 7. The van der Waals surface area contributed by atoms with E-state index in [-0.39, 0.29) is 5.60 Å². The molecule has 0 aliphatic heterocycles. The summed E-state index contributed by atoms with van der Waals surface area (Å²) in [5.74, 6) is 0. The molecule has 2 heteroatoms. The average molecular weight is 241 g/mol. The standard InChI is InChI=1S/C15H31NO/c1-7-14(5,6)17-13-11-12(16-10-4)15(13,8-2)9-3/h12-13,16H,7-11H2,1-6H3. The number of hydrogen-bond donors (Lipinski definition) is 1. The maximum Gasteiger partial charge on any atom is 0.0668 e. The van der Waals surface area contributed by atoms with Gasteiger partial charge >= 0.3 is 0 Å². The zero-order chi connectivity index (χ0) is 13.1. The quantitative estimate of drug-likeness (QED) is 0.733. The Hall–Kier alpha value is -0.0800. The van der Waals surface area contributed by atoms with Crippen molar-refractivity contribution < 1.29 is 4.74 Å². The molecule has 1 N–H and O–H groups in total. The predicted octanol–water partition coefficient (Wildman–Crippen LogP) is 3.75. The molecule has 0 spiro atoms. The highest BCUT2D eigenvalue weighted by atomic mass is 16.5. The van der Waals surface area contributed by atoms with Crippen molar-refractivity contribution in [2.45, 2.75) is 85.0 Å². The van der Waals surface area contributed by atoms with Crippen LogP contribution < -0.4 is 5.32 Å². The fraction of sp³-hybridized carbons (Fsp3) is 1.00. The highest BCUT2D eigenvalue weighted by Gasteiger charge is 2.54. The fourth-order valence-corrected chi connectivity index (χ4v) is 3.11. The molecule has 0 aromatic rings. The molecule has 17 heavy (non-hydrogen) atoms. The Labute approximate surface area is 108 Å². The summed E-state index contributed by atoms with van der Waals surface area (Å²) in [5.41, 5.74) is 0.389. The van der Waals surface area contributed by atoms with Crippen LogP contribution >= 0.6 is 0 Å². The minimum atomic E-state index is 0.0252. The van der Waals surface area contributed by atoms with Crippen LogP contribution in [0.2, 0.25) is 0 Å². The topological polar surface area (TPSA) is 21.3 Å². The van der Waals surface area contributed by atoms with Gasteiger partial charge in [0.2, 0.25) is 0 Å². The first-order chi connectivity index (χ1) is 7.95. The second kappa shape index (κ2) is 5.71. The molecule has 1 saturated carbocycles. The second-order valence-electron chi connectivity index (χ2n) is 6.01. The zero-order valence-electron chi connectivity index (χ0n) is 12.6. The van der Waals surface area contributed by atoms with Gasteiger partial charge in [0, 0.05) is 11.5 Å². The average Bonchev–Trinajstić information content (AvgIpc) is 2.29. The maximum atomic E-state index is 6.36. The monoisotopic (exact) mass is 241 g/mol. The Kier molecular flexibility index (Phi) is 5.03. The van der Waals surface area contributed by atoms with Crippen molar-refractivity contribution in [3.05, 3.63) is 0 Å². The zero-order valence-corrected chi connectivity index (χ0v) is 12.6. The normalized spacial score (nSPS) is 27.9. The Morgan fingerprint density at radius 1 is 1.18 bits per heavy atom. The Balaban J connectivity index is 2.69. The SMILES string of the molecule is CCNC1CC(OC(C)(C)CC)C1(CC)CC. The van der Waals surface area contributed by atoms with Crippen molar-refractivity contribution >= 4 is 0 Å². The van der Waals surface area contributed by atoms with Crippen LogP contribution in [0.1, 0.15) is 67.2 Å². The van der Waals surface area contributed by atoms with Crippen molar-refractivity contribution in [1.29, 1.82) is 0 Å². The Bertz CT molecular complexity index is 233. The molecule has 0 aromatic heterocycles. The van der Waals surface area contributed by atoms with E-state index < -0.39 is 0 Å². The molecule has 0 saturated heterocycles. The molecule has 0 radical (unpaired) electrons. The van der Waals surface area contributed by atoms with E-state index in [9.17, 15) is 0 Å². The summed E-state index contributed by atoms with van der Waals surface area (Å²) in [6.07, 6.45) is 5.13. The Morgan fingerprint density at radius 2 is 1.76 bits per heavy atom. The molecule has 0 amide bonds. The van der Waals surface area contributed by atoms with Crippen molar-refractivity contribution in [3.63, 3.8) is 0 Å². The lowest BCUT2D eigenvalue weighted by Gasteiger charge is -2.57. The fourth-order valence-electron chi connectivity index (χ4n) is 3.11. The highest BCUT2D eigenvalue weighted by Crippen LogP contribution is 2.50. The molecule has 0 bridgehead atoms. The maximum absolute atomic E-state index is 6.36. The van der Waals surface area contributed by atoms with Crippen molar-refractivity contribution in [2.75, 3.05) is 6.54 Å². The van der Waals surface area contributed by atoms with Crippen molar-refractivity contribution in [2.24, 2.45) is 5.41 Å². The molecule has 2 unspecified atom stereocenters. The smallest absolute Gasteiger partial charge is 0.0668 e. The van der Waals surface area contributed by atoms with Crippen LogP contribution in [0.4, 0.5) is 0 Å². The van der Waals surface area contributed by atoms with E-state index in [1.54, 1.807) is 0 Å². The first-order valence-electron chi connectivity index (χ1n) is 7.36. The molecule has 0 aromatic carbocycles. The van der Waals surface area contributed by atoms with Gasteiger partial charge in [-0.3, -0.25) is 0 Å². The van der Waals surface area contributed by atoms with Crippen LogP contribution in [0.5, 0.6) is 0 Å². The predicted molar refractivity (Wildman–Crippen MR) is 74.3 cm³/mol. The third-order valence-electron chi connectivity index (χ3n) is 4.86. The van der Waals surface area contributed by atoms with Gasteiger partial charge in [0.25, 0.3) is 0 Å². The van der Waals surface area contributed by atoms with Crippen LogP contribution in [0, 0.1) is 5.41 Å². The van der Waals surface area contributed by atoms with Gasteiger partial charge < -0.3 is 10.1 Å². The lowest BCUT2D eigenvalue weighted by Crippen LogP contribution is -2.64. The summed E-state index contributed by atoms with van der Waals surface area (Å²) >= 11 is 0. The minimum Gasteiger partial charge on any atom is -0.372 e. The van der Waals surface area contributed by atoms with Crippen LogP contribution in [0.15, 0.2) is 0 Å². The molecule has 102 valence electrons. The van der Waals surface area contributed by atoms with Crippen molar-refractivity contribution in [3.8, 4) is 0 Å².